The van der Waals surface area contributed by atoms with E-state index in [4.69, 9.17) is 5.11 Å². The SMILES string of the molecule is O=C(O)c1ccc2c(c1)CN(C/C=C/c1ccccc1)C2. The van der Waals surface area contributed by atoms with Crippen LogP contribution in [0.5, 0.6) is 0 Å². The van der Waals surface area contributed by atoms with E-state index in [0.717, 1.165) is 25.2 Å². The van der Waals surface area contributed by atoms with Gasteiger partial charge in [-0.05, 0) is 28.8 Å². The zero-order valence-corrected chi connectivity index (χ0v) is 11.7. The standard InChI is InChI=1S/C18H17NO2/c20-18(21)15-8-9-16-12-19(13-17(16)11-15)10-4-7-14-5-2-1-3-6-14/h1-9,11H,10,12-13H2,(H,20,21)/b7-4+. The Morgan fingerprint density at radius 2 is 1.86 bits per heavy atom. The van der Waals surface area contributed by atoms with Gasteiger partial charge in [0.05, 0.1) is 5.56 Å². The second-order valence-electron chi connectivity index (χ2n) is 5.27. The van der Waals surface area contributed by atoms with Crippen LogP contribution < -0.4 is 0 Å². The summed E-state index contributed by atoms with van der Waals surface area (Å²) in [7, 11) is 0. The van der Waals surface area contributed by atoms with E-state index in [1.165, 1.54) is 11.1 Å². The number of fused-ring (bicyclic) bond motifs is 1. The Morgan fingerprint density at radius 3 is 2.62 bits per heavy atom. The van der Waals surface area contributed by atoms with E-state index < -0.39 is 5.97 Å². The van der Waals surface area contributed by atoms with Gasteiger partial charge in [0.2, 0.25) is 0 Å². The molecule has 0 unspecified atom stereocenters. The quantitative estimate of drug-likeness (QED) is 0.932. The lowest BCUT2D eigenvalue weighted by Gasteiger charge is -2.11. The van der Waals surface area contributed by atoms with Crippen molar-refractivity contribution in [2.24, 2.45) is 0 Å². The van der Waals surface area contributed by atoms with Gasteiger partial charge in [-0.2, -0.15) is 0 Å². The number of nitrogens with zero attached hydrogens (tertiary/aromatic N) is 1. The van der Waals surface area contributed by atoms with E-state index in [-0.39, 0.29) is 0 Å². The van der Waals surface area contributed by atoms with Gasteiger partial charge in [-0.15, -0.1) is 0 Å². The largest absolute Gasteiger partial charge is 0.478 e. The minimum absolute atomic E-state index is 0.371. The maximum Gasteiger partial charge on any atom is 0.335 e. The first-order valence-corrected chi connectivity index (χ1v) is 7.01. The Morgan fingerprint density at radius 1 is 1.10 bits per heavy atom. The van der Waals surface area contributed by atoms with Crippen molar-refractivity contribution in [2.75, 3.05) is 6.54 Å². The summed E-state index contributed by atoms with van der Waals surface area (Å²) in [6.07, 6.45) is 4.27. The van der Waals surface area contributed by atoms with Crippen LogP contribution in [-0.2, 0) is 13.1 Å². The molecule has 0 saturated heterocycles. The van der Waals surface area contributed by atoms with Crippen LogP contribution in [0.25, 0.3) is 6.08 Å². The summed E-state index contributed by atoms with van der Waals surface area (Å²) in [5, 5.41) is 9.02. The summed E-state index contributed by atoms with van der Waals surface area (Å²) in [5.74, 6) is -0.861. The molecule has 3 rings (SSSR count). The van der Waals surface area contributed by atoms with Gasteiger partial charge in [0.1, 0.15) is 0 Å². The molecular weight excluding hydrogens is 262 g/mol. The fourth-order valence-corrected chi connectivity index (χ4v) is 2.63. The van der Waals surface area contributed by atoms with Gasteiger partial charge in [0, 0.05) is 19.6 Å². The van der Waals surface area contributed by atoms with Gasteiger partial charge < -0.3 is 5.11 Å². The molecule has 0 aliphatic carbocycles. The van der Waals surface area contributed by atoms with Crippen molar-refractivity contribution in [2.45, 2.75) is 13.1 Å². The molecule has 0 fully saturated rings. The van der Waals surface area contributed by atoms with Gasteiger partial charge in [0.25, 0.3) is 0 Å². The van der Waals surface area contributed by atoms with Crippen LogP contribution in [0.1, 0.15) is 27.0 Å². The van der Waals surface area contributed by atoms with Crippen LogP contribution in [0.3, 0.4) is 0 Å². The fourth-order valence-electron chi connectivity index (χ4n) is 2.63. The Hall–Kier alpha value is -2.39. The molecule has 0 radical (unpaired) electrons. The predicted molar refractivity (Wildman–Crippen MR) is 83.0 cm³/mol. The summed E-state index contributed by atoms with van der Waals surface area (Å²) in [4.78, 5) is 13.3. The molecule has 0 amide bonds. The van der Waals surface area contributed by atoms with Crippen molar-refractivity contribution in [1.29, 1.82) is 0 Å². The second-order valence-corrected chi connectivity index (χ2v) is 5.27. The van der Waals surface area contributed by atoms with Crippen LogP contribution in [0, 0.1) is 0 Å². The van der Waals surface area contributed by atoms with E-state index in [2.05, 4.69) is 29.2 Å². The normalized spacial score (nSPS) is 14.5. The maximum absolute atomic E-state index is 11.0. The van der Waals surface area contributed by atoms with Gasteiger partial charge in [0.15, 0.2) is 0 Å². The van der Waals surface area contributed by atoms with E-state index in [0.29, 0.717) is 5.56 Å². The van der Waals surface area contributed by atoms with Crippen LogP contribution >= 0.6 is 0 Å². The average molecular weight is 279 g/mol. The minimum Gasteiger partial charge on any atom is -0.478 e. The monoisotopic (exact) mass is 279 g/mol. The molecule has 1 N–H and O–H groups in total. The van der Waals surface area contributed by atoms with Crippen molar-refractivity contribution >= 4 is 12.0 Å². The molecule has 0 atom stereocenters. The first-order valence-electron chi connectivity index (χ1n) is 7.01. The molecule has 1 heterocycles. The molecule has 21 heavy (non-hydrogen) atoms. The number of aromatic carboxylic acids is 1. The Bertz CT molecular complexity index is 677. The van der Waals surface area contributed by atoms with Crippen LogP contribution in [-0.4, -0.2) is 22.5 Å². The van der Waals surface area contributed by atoms with E-state index in [1.807, 2.05) is 24.3 Å². The molecule has 2 aromatic carbocycles. The number of carboxylic acids is 1. The van der Waals surface area contributed by atoms with E-state index in [9.17, 15) is 4.79 Å². The molecule has 3 nitrogen and oxygen atoms in total. The second kappa shape index (κ2) is 5.94. The summed E-state index contributed by atoms with van der Waals surface area (Å²) in [6, 6.07) is 15.6. The third-order valence-corrected chi connectivity index (χ3v) is 3.71. The molecule has 1 aliphatic rings. The number of hydrogen-bond acceptors (Lipinski definition) is 2. The lowest BCUT2D eigenvalue weighted by Crippen LogP contribution is -2.15. The number of rotatable bonds is 4. The zero-order chi connectivity index (χ0) is 14.7. The van der Waals surface area contributed by atoms with Crippen molar-refractivity contribution in [1.82, 2.24) is 4.90 Å². The highest BCUT2D eigenvalue weighted by atomic mass is 16.4. The van der Waals surface area contributed by atoms with Gasteiger partial charge >= 0.3 is 5.97 Å². The number of benzene rings is 2. The lowest BCUT2D eigenvalue weighted by atomic mass is 10.1. The summed E-state index contributed by atoms with van der Waals surface area (Å²) < 4.78 is 0. The van der Waals surface area contributed by atoms with E-state index >= 15 is 0 Å². The summed E-state index contributed by atoms with van der Waals surface area (Å²) in [6.45, 7) is 2.57. The summed E-state index contributed by atoms with van der Waals surface area (Å²) >= 11 is 0. The Labute approximate surface area is 124 Å². The molecule has 2 aromatic rings. The van der Waals surface area contributed by atoms with Crippen molar-refractivity contribution < 1.29 is 9.90 Å². The van der Waals surface area contributed by atoms with Crippen molar-refractivity contribution in [3.63, 3.8) is 0 Å². The van der Waals surface area contributed by atoms with Crippen molar-refractivity contribution in [3.05, 3.63) is 76.9 Å². The molecule has 3 heteroatoms. The molecule has 0 aromatic heterocycles. The van der Waals surface area contributed by atoms with E-state index in [1.54, 1.807) is 12.1 Å². The number of hydrogen-bond donors (Lipinski definition) is 1. The highest BCUT2D eigenvalue weighted by molar-refractivity contribution is 5.87. The van der Waals surface area contributed by atoms with Crippen LogP contribution in [0.2, 0.25) is 0 Å². The number of carbonyl (C=O) groups is 1. The molecule has 106 valence electrons. The Kier molecular flexibility index (Phi) is 3.84. The smallest absolute Gasteiger partial charge is 0.335 e. The molecule has 0 spiro atoms. The highest BCUT2D eigenvalue weighted by Crippen LogP contribution is 2.23. The highest BCUT2D eigenvalue weighted by Gasteiger charge is 2.19. The Balaban J connectivity index is 1.63. The lowest BCUT2D eigenvalue weighted by molar-refractivity contribution is 0.0696. The minimum atomic E-state index is -0.861. The molecule has 1 aliphatic heterocycles. The predicted octanol–water partition coefficient (Wildman–Crippen LogP) is 3.41. The third kappa shape index (κ3) is 3.20. The topological polar surface area (TPSA) is 40.5 Å². The molecule has 0 bridgehead atoms. The van der Waals surface area contributed by atoms with Gasteiger partial charge in [-0.25, -0.2) is 4.79 Å². The first-order chi connectivity index (χ1) is 10.2. The zero-order valence-electron chi connectivity index (χ0n) is 11.7. The van der Waals surface area contributed by atoms with Gasteiger partial charge in [-0.1, -0.05) is 48.6 Å². The van der Waals surface area contributed by atoms with Gasteiger partial charge in [-0.3, -0.25) is 4.90 Å². The summed E-state index contributed by atoms with van der Waals surface area (Å²) in [5.41, 5.74) is 3.92. The van der Waals surface area contributed by atoms with Crippen molar-refractivity contribution in [3.8, 4) is 0 Å². The third-order valence-electron chi connectivity index (χ3n) is 3.71. The first kappa shape index (κ1) is 13.6. The average Bonchev–Trinajstić information content (AvgIpc) is 2.90. The molecular formula is C18H17NO2. The molecule has 0 saturated carbocycles. The van der Waals surface area contributed by atoms with Crippen LogP contribution in [0.4, 0.5) is 0 Å². The van der Waals surface area contributed by atoms with Crippen LogP contribution in [0.15, 0.2) is 54.6 Å². The maximum atomic E-state index is 11.0. The fraction of sp³-hybridized carbons (Fsp3) is 0.167. The number of carboxylic acid groups (broad SMARTS) is 1.